The van der Waals surface area contributed by atoms with Gasteiger partial charge in [0.1, 0.15) is 13.2 Å². The van der Waals surface area contributed by atoms with E-state index in [0.717, 1.165) is 31.2 Å². The van der Waals surface area contributed by atoms with Gasteiger partial charge < -0.3 is 20.1 Å². The van der Waals surface area contributed by atoms with Crippen LogP contribution in [0.3, 0.4) is 0 Å². The first-order valence-corrected chi connectivity index (χ1v) is 10.1. The Morgan fingerprint density at radius 2 is 1.43 bits per heavy atom. The van der Waals surface area contributed by atoms with Gasteiger partial charge in [-0.05, 0) is 30.5 Å². The Balaban J connectivity index is 2.37. The lowest BCUT2D eigenvalue weighted by atomic mass is 10.2. The predicted octanol–water partition coefficient (Wildman–Crippen LogP) is 2.94. The number of nitrogens with one attached hydrogen (secondary N) is 2. The van der Waals surface area contributed by atoms with Gasteiger partial charge in [-0.1, -0.05) is 26.7 Å². The molecule has 0 saturated heterocycles. The number of hydrogen-bond acceptors (Lipinski definition) is 6. The first kappa shape index (κ1) is 23.7. The number of rotatable bonds is 14. The Bertz CT molecular complexity index is 514. The second-order valence-corrected chi connectivity index (χ2v) is 6.46. The van der Waals surface area contributed by atoms with E-state index in [1.54, 1.807) is 12.4 Å². The minimum absolute atomic E-state index is 0.270. The van der Waals surface area contributed by atoms with Gasteiger partial charge >= 0.3 is 12.2 Å². The molecule has 2 N–H and O–H groups in total. The van der Waals surface area contributed by atoms with E-state index in [0.29, 0.717) is 32.7 Å². The molecule has 8 heteroatoms. The van der Waals surface area contributed by atoms with Gasteiger partial charge in [-0.3, -0.25) is 9.88 Å². The maximum atomic E-state index is 11.6. The second-order valence-electron chi connectivity index (χ2n) is 6.46. The number of nitrogens with zero attached hydrogens (tertiary/aromatic N) is 2. The van der Waals surface area contributed by atoms with Crippen molar-refractivity contribution in [2.24, 2.45) is 0 Å². The van der Waals surface area contributed by atoms with Crippen LogP contribution in [0.25, 0.3) is 0 Å². The van der Waals surface area contributed by atoms with Gasteiger partial charge in [-0.15, -0.1) is 0 Å². The minimum Gasteiger partial charge on any atom is -0.448 e. The summed E-state index contributed by atoms with van der Waals surface area (Å²) in [6.07, 6.45) is 6.58. The molecule has 0 spiro atoms. The largest absolute Gasteiger partial charge is 0.448 e. The molecule has 1 aromatic heterocycles. The Labute approximate surface area is 168 Å². The normalized spacial score (nSPS) is 10.5. The summed E-state index contributed by atoms with van der Waals surface area (Å²) in [5.74, 6) is 0. The highest BCUT2D eigenvalue weighted by Crippen LogP contribution is 2.03. The van der Waals surface area contributed by atoms with E-state index in [1.165, 1.54) is 0 Å². The van der Waals surface area contributed by atoms with Crippen LogP contribution in [0.4, 0.5) is 9.59 Å². The summed E-state index contributed by atoms with van der Waals surface area (Å²) in [4.78, 5) is 29.4. The lowest BCUT2D eigenvalue weighted by molar-refractivity contribution is 0.104. The molecule has 0 unspecified atom stereocenters. The van der Waals surface area contributed by atoms with E-state index in [4.69, 9.17) is 9.47 Å². The van der Waals surface area contributed by atoms with Crippen molar-refractivity contribution in [1.29, 1.82) is 0 Å². The van der Waals surface area contributed by atoms with Crippen LogP contribution in [0.1, 0.15) is 45.1 Å². The highest BCUT2D eigenvalue weighted by Gasteiger charge is 2.10. The lowest BCUT2D eigenvalue weighted by Gasteiger charge is -2.22. The van der Waals surface area contributed by atoms with Crippen LogP contribution >= 0.6 is 0 Å². The van der Waals surface area contributed by atoms with Gasteiger partial charge in [-0.2, -0.15) is 0 Å². The third-order valence-electron chi connectivity index (χ3n) is 4.04. The average molecular weight is 395 g/mol. The highest BCUT2D eigenvalue weighted by molar-refractivity contribution is 5.67. The molecule has 0 saturated carbocycles. The fourth-order valence-corrected chi connectivity index (χ4v) is 2.39. The lowest BCUT2D eigenvalue weighted by Crippen LogP contribution is -2.34. The number of carbonyl (C=O) groups is 2. The fraction of sp³-hybridized carbons (Fsp3) is 0.650. The van der Waals surface area contributed by atoms with Crippen molar-refractivity contribution in [2.75, 3.05) is 39.4 Å². The van der Waals surface area contributed by atoms with E-state index in [-0.39, 0.29) is 13.2 Å². The van der Waals surface area contributed by atoms with Crippen LogP contribution in [0, 0.1) is 0 Å². The quantitative estimate of drug-likeness (QED) is 0.471. The smallest absolute Gasteiger partial charge is 0.407 e. The SMILES string of the molecule is CCCCNC(=O)OCCN(CCOC(=O)NCCCC)Cc1ccncc1. The summed E-state index contributed by atoms with van der Waals surface area (Å²) in [7, 11) is 0. The van der Waals surface area contributed by atoms with Crippen molar-refractivity contribution < 1.29 is 19.1 Å². The summed E-state index contributed by atoms with van der Waals surface area (Å²) in [5, 5.41) is 5.45. The van der Waals surface area contributed by atoms with E-state index in [2.05, 4.69) is 34.4 Å². The zero-order valence-electron chi connectivity index (χ0n) is 17.1. The third-order valence-corrected chi connectivity index (χ3v) is 4.04. The van der Waals surface area contributed by atoms with Crippen LogP contribution in [-0.4, -0.2) is 61.5 Å². The van der Waals surface area contributed by atoms with Crippen molar-refractivity contribution in [2.45, 2.75) is 46.1 Å². The first-order valence-electron chi connectivity index (χ1n) is 10.1. The summed E-state index contributed by atoms with van der Waals surface area (Å²) >= 11 is 0. The zero-order chi connectivity index (χ0) is 20.5. The number of aromatic nitrogens is 1. The maximum Gasteiger partial charge on any atom is 0.407 e. The van der Waals surface area contributed by atoms with Gasteiger partial charge in [0, 0.05) is 45.1 Å². The molecule has 2 amide bonds. The number of ether oxygens (including phenoxy) is 2. The van der Waals surface area contributed by atoms with Gasteiger partial charge in [0.25, 0.3) is 0 Å². The van der Waals surface area contributed by atoms with E-state index in [9.17, 15) is 9.59 Å². The number of amides is 2. The predicted molar refractivity (Wildman–Crippen MR) is 108 cm³/mol. The monoisotopic (exact) mass is 394 g/mol. The van der Waals surface area contributed by atoms with Gasteiger partial charge in [0.15, 0.2) is 0 Å². The molecule has 158 valence electrons. The van der Waals surface area contributed by atoms with Crippen LogP contribution in [0.2, 0.25) is 0 Å². The van der Waals surface area contributed by atoms with Crippen molar-refractivity contribution in [1.82, 2.24) is 20.5 Å². The van der Waals surface area contributed by atoms with Crippen molar-refractivity contribution >= 4 is 12.2 Å². The van der Waals surface area contributed by atoms with Crippen molar-refractivity contribution in [3.05, 3.63) is 30.1 Å². The molecule has 0 atom stereocenters. The number of alkyl carbamates (subject to hydrolysis) is 2. The Hall–Kier alpha value is -2.35. The minimum atomic E-state index is -0.399. The average Bonchev–Trinajstić information content (AvgIpc) is 2.69. The highest BCUT2D eigenvalue weighted by atomic mass is 16.6. The van der Waals surface area contributed by atoms with Gasteiger partial charge in [0.2, 0.25) is 0 Å². The molecule has 0 fully saturated rings. The maximum absolute atomic E-state index is 11.6. The molecule has 8 nitrogen and oxygen atoms in total. The fourth-order valence-electron chi connectivity index (χ4n) is 2.39. The van der Waals surface area contributed by atoms with E-state index >= 15 is 0 Å². The van der Waals surface area contributed by atoms with Crippen LogP contribution in [0.5, 0.6) is 0 Å². The Kier molecular flexibility index (Phi) is 13.3. The van der Waals surface area contributed by atoms with E-state index < -0.39 is 12.2 Å². The molecule has 0 bridgehead atoms. The van der Waals surface area contributed by atoms with Crippen LogP contribution < -0.4 is 10.6 Å². The number of carbonyl (C=O) groups excluding carboxylic acids is 2. The number of hydrogen-bond donors (Lipinski definition) is 2. The first-order chi connectivity index (χ1) is 13.7. The number of pyridine rings is 1. The molecule has 0 radical (unpaired) electrons. The van der Waals surface area contributed by atoms with Crippen molar-refractivity contribution in [3.8, 4) is 0 Å². The summed E-state index contributed by atoms with van der Waals surface area (Å²) in [5.41, 5.74) is 1.09. The van der Waals surface area contributed by atoms with Crippen molar-refractivity contribution in [3.63, 3.8) is 0 Å². The number of unbranched alkanes of at least 4 members (excludes halogenated alkanes) is 2. The van der Waals surface area contributed by atoms with Gasteiger partial charge in [0.05, 0.1) is 0 Å². The molecule has 28 heavy (non-hydrogen) atoms. The molecule has 0 aromatic carbocycles. The molecule has 1 rings (SSSR count). The third kappa shape index (κ3) is 12.1. The van der Waals surface area contributed by atoms with Gasteiger partial charge in [-0.25, -0.2) is 9.59 Å². The summed E-state index contributed by atoms with van der Waals surface area (Å²) in [6, 6.07) is 3.87. The molecular weight excluding hydrogens is 360 g/mol. The Morgan fingerprint density at radius 1 is 0.929 bits per heavy atom. The second kappa shape index (κ2) is 15.7. The van der Waals surface area contributed by atoms with Crippen LogP contribution in [0.15, 0.2) is 24.5 Å². The molecular formula is C20H34N4O4. The van der Waals surface area contributed by atoms with E-state index in [1.807, 2.05) is 12.1 Å². The standard InChI is InChI=1S/C20H34N4O4/c1-3-5-9-22-19(25)27-15-13-24(17-18-7-11-21-12-8-18)14-16-28-20(26)23-10-6-4-2/h7-8,11-12H,3-6,9-10,13-17H2,1-2H3,(H,22,25)(H,23,26). The molecule has 1 aromatic rings. The molecule has 1 heterocycles. The molecule has 0 aliphatic rings. The topological polar surface area (TPSA) is 92.8 Å². The Morgan fingerprint density at radius 3 is 1.89 bits per heavy atom. The van der Waals surface area contributed by atoms with Crippen LogP contribution in [-0.2, 0) is 16.0 Å². The summed E-state index contributed by atoms with van der Waals surface area (Å²) < 4.78 is 10.5. The molecule has 0 aliphatic carbocycles. The molecule has 0 aliphatic heterocycles. The zero-order valence-corrected chi connectivity index (χ0v) is 17.1. The summed E-state index contributed by atoms with van der Waals surface area (Å²) in [6.45, 7) is 7.66.